The number of aromatic nitrogens is 3. The first-order valence-corrected chi connectivity index (χ1v) is 11.2. The van der Waals surface area contributed by atoms with E-state index in [-0.39, 0.29) is 17.2 Å². The van der Waals surface area contributed by atoms with Gasteiger partial charge < -0.3 is 20.7 Å². The van der Waals surface area contributed by atoms with E-state index >= 15 is 0 Å². The van der Waals surface area contributed by atoms with Crippen LogP contribution in [0.1, 0.15) is 32.6 Å². The van der Waals surface area contributed by atoms with Crippen molar-refractivity contribution in [3.8, 4) is 11.1 Å². The molecule has 2 aliphatic rings. The van der Waals surface area contributed by atoms with E-state index in [4.69, 9.17) is 16.3 Å². The zero-order valence-corrected chi connectivity index (χ0v) is 18.5. The largest absolute Gasteiger partial charge is 0.381 e. The van der Waals surface area contributed by atoms with Crippen LogP contribution in [0.25, 0.3) is 11.1 Å². The standard InChI is InChI=1S/C22H29ClN6O2/c1-22(4-7-31-8-5-22)14-26-20-9-16(12-27-29-20)17-10-19(25-13-18(17)23)28-21(30)15-3-2-6-24-11-15/h9-10,12-13,15,24H,2-8,11,14H2,1H3,(H,26,29)(H,25,28,30)/t15-/m1/s1. The Hall–Kier alpha value is -2.29. The van der Waals surface area contributed by atoms with Gasteiger partial charge in [0.15, 0.2) is 0 Å². The summed E-state index contributed by atoms with van der Waals surface area (Å²) in [7, 11) is 0. The molecule has 3 N–H and O–H groups in total. The lowest BCUT2D eigenvalue weighted by molar-refractivity contribution is -0.120. The summed E-state index contributed by atoms with van der Waals surface area (Å²) in [6.07, 6.45) is 7.14. The van der Waals surface area contributed by atoms with E-state index in [9.17, 15) is 4.79 Å². The minimum Gasteiger partial charge on any atom is -0.381 e. The summed E-state index contributed by atoms with van der Waals surface area (Å²) >= 11 is 6.42. The Bertz CT molecular complexity index is 913. The molecule has 2 fully saturated rings. The molecule has 0 spiro atoms. The van der Waals surface area contributed by atoms with Crippen LogP contribution in [-0.4, -0.2) is 53.9 Å². The van der Waals surface area contributed by atoms with E-state index in [2.05, 4.69) is 38.1 Å². The van der Waals surface area contributed by atoms with Crippen LogP contribution in [0.2, 0.25) is 5.02 Å². The van der Waals surface area contributed by atoms with E-state index < -0.39 is 0 Å². The van der Waals surface area contributed by atoms with E-state index in [1.54, 1.807) is 18.5 Å². The molecule has 0 saturated carbocycles. The molecule has 0 unspecified atom stereocenters. The van der Waals surface area contributed by atoms with E-state index in [1.165, 1.54) is 0 Å². The maximum Gasteiger partial charge on any atom is 0.229 e. The second kappa shape index (κ2) is 9.89. The van der Waals surface area contributed by atoms with E-state index in [0.29, 0.717) is 23.2 Å². The number of hydrogen-bond donors (Lipinski definition) is 3. The molecule has 2 aliphatic heterocycles. The Morgan fingerprint density at radius 1 is 1.29 bits per heavy atom. The van der Waals surface area contributed by atoms with Crippen molar-refractivity contribution in [2.45, 2.75) is 32.6 Å². The van der Waals surface area contributed by atoms with Crippen LogP contribution >= 0.6 is 11.6 Å². The molecular weight excluding hydrogens is 416 g/mol. The molecule has 2 aromatic rings. The van der Waals surface area contributed by atoms with Crippen LogP contribution in [0, 0.1) is 11.3 Å². The van der Waals surface area contributed by atoms with Gasteiger partial charge in [-0.05, 0) is 49.8 Å². The predicted octanol–water partition coefficient (Wildman–Crippen LogP) is 3.36. The van der Waals surface area contributed by atoms with Crippen molar-refractivity contribution in [1.29, 1.82) is 0 Å². The number of pyridine rings is 1. The van der Waals surface area contributed by atoms with Gasteiger partial charge in [0, 0.05) is 43.6 Å². The first kappa shape index (κ1) is 21.9. The molecule has 0 radical (unpaired) electrons. The minimum atomic E-state index is -0.0420. The number of carbonyl (C=O) groups excluding carboxylic acids is 1. The normalized spacial score (nSPS) is 20.8. The molecule has 2 saturated heterocycles. The fraction of sp³-hybridized carbons (Fsp3) is 0.545. The molecule has 4 rings (SSSR count). The molecule has 8 nitrogen and oxygen atoms in total. The minimum absolute atomic E-state index is 0.0205. The third-order valence-corrected chi connectivity index (χ3v) is 6.44. The number of nitrogens with one attached hydrogen (secondary N) is 3. The first-order valence-electron chi connectivity index (χ1n) is 10.8. The molecule has 0 aromatic carbocycles. The van der Waals surface area contributed by atoms with Gasteiger partial charge in [0.1, 0.15) is 11.6 Å². The number of anilines is 2. The SMILES string of the molecule is CC1(CNc2cc(-c3cc(NC(=O)[C@@H]4CCCNC4)ncc3Cl)cnn2)CCOCC1. The van der Waals surface area contributed by atoms with Crippen molar-refractivity contribution < 1.29 is 9.53 Å². The van der Waals surface area contributed by atoms with Crippen molar-refractivity contribution in [2.24, 2.45) is 11.3 Å². The summed E-state index contributed by atoms with van der Waals surface area (Å²) in [6, 6.07) is 3.71. The highest BCUT2D eigenvalue weighted by Gasteiger charge is 2.27. The number of halogens is 1. The van der Waals surface area contributed by atoms with Crippen molar-refractivity contribution in [3.63, 3.8) is 0 Å². The summed E-state index contributed by atoms with van der Waals surface area (Å²) in [6.45, 7) is 6.31. The molecule has 1 atom stereocenters. The molecule has 0 aliphatic carbocycles. The van der Waals surface area contributed by atoms with Crippen molar-refractivity contribution >= 4 is 29.1 Å². The number of ether oxygens (including phenoxy) is 1. The second-order valence-electron chi connectivity index (χ2n) is 8.69. The van der Waals surface area contributed by atoms with Gasteiger partial charge in [-0.2, -0.15) is 5.10 Å². The molecule has 166 valence electrons. The van der Waals surface area contributed by atoms with Gasteiger partial charge in [0.25, 0.3) is 0 Å². The molecule has 0 bridgehead atoms. The topological polar surface area (TPSA) is 101 Å². The van der Waals surface area contributed by atoms with Crippen molar-refractivity contribution in [3.05, 3.63) is 29.5 Å². The molecular formula is C22H29ClN6O2. The van der Waals surface area contributed by atoms with E-state index in [0.717, 1.165) is 63.1 Å². The van der Waals surface area contributed by atoms with Crippen LogP contribution in [0.15, 0.2) is 24.5 Å². The number of hydrogen-bond acceptors (Lipinski definition) is 7. The molecule has 31 heavy (non-hydrogen) atoms. The highest BCUT2D eigenvalue weighted by molar-refractivity contribution is 6.33. The first-order chi connectivity index (χ1) is 15.0. The predicted molar refractivity (Wildman–Crippen MR) is 121 cm³/mol. The van der Waals surface area contributed by atoms with Gasteiger partial charge in [-0.15, -0.1) is 5.10 Å². The van der Waals surface area contributed by atoms with Crippen molar-refractivity contribution in [1.82, 2.24) is 20.5 Å². The van der Waals surface area contributed by atoms with Crippen molar-refractivity contribution in [2.75, 3.05) is 43.5 Å². The number of amides is 1. The second-order valence-corrected chi connectivity index (χ2v) is 9.10. The molecule has 9 heteroatoms. The Morgan fingerprint density at radius 2 is 2.13 bits per heavy atom. The third-order valence-electron chi connectivity index (χ3n) is 6.14. The van der Waals surface area contributed by atoms with Gasteiger partial charge in [0.05, 0.1) is 17.1 Å². The summed E-state index contributed by atoms with van der Waals surface area (Å²) in [5.74, 6) is 1.11. The number of carbonyl (C=O) groups is 1. The van der Waals surface area contributed by atoms with E-state index in [1.807, 2.05) is 6.07 Å². The highest BCUT2D eigenvalue weighted by Crippen LogP contribution is 2.32. The summed E-state index contributed by atoms with van der Waals surface area (Å²) in [5, 5.41) is 18.4. The number of rotatable bonds is 6. The molecule has 1 amide bonds. The van der Waals surface area contributed by atoms with Crippen LogP contribution in [0.4, 0.5) is 11.6 Å². The lowest BCUT2D eigenvalue weighted by Crippen LogP contribution is -2.37. The summed E-state index contributed by atoms with van der Waals surface area (Å²) in [4.78, 5) is 16.8. The summed E-state index contributed by atoms with van der Waals surface area (Å²) in [5.41, 5.74) is 1.75. The average molecular weight is 445 g/mol. The quantitative estimate of drug-likeness (QED) is 0.627. The third kappa shape index (κ3) is 5.70. The van der Waals surface area contributed by atoms with Gasteiger partial charge in [0.2, 0.25) is 5.91 Å². The van der Waals surface area contributed by atoms with Gasteiger partial charge in [-0.25, -0.2) is 4.98 Å². The Kier molecular flexibility index (Phi) is 6.99. The molecule has 2 aromatic heterocycles. The number of piperidine rings is 1. The molecule has 4 heterocycles. The zero-order chi connectivity index (χ0) is 21.7. The average Bonchev–Trinajstić information content (AvgIpc) is 2.80. The monoisotopic (exact) mass is 444 g/mol. The smallest absolute Gasteiger partial charge is 0.229 e. The van der Waals surface area contributed by atoms with Gasteiger partial charge in [-0.1, -0.05) is 18.5 Å². The van der Waals surface area contributed by atoms with Crippen LogP contribution < -0.4 is 16.0 Å². The fourth-order valence-electron chi connectivity index (χ4n) is 3.98. The Labute approximate surface area is 187 Å². The maximum atomic E-state index is 12.6. The fourth-order valence-corrected chi connectivity index (χ4v) is 4.19. The van der Waals surface area contributed by atoms with Crippen LogP contribution in [-0.2, 0) is 9.53 Å². The van der Waals surface area contributed by atoms with Gasteiger partial charge >= 0.3 is 0 Å². The van der Waals surface area contributed by atoms with Crippen LogP contribution in [0.3, 0.4) is 0 Å². The highest BCUT2D eigenvalue weighted by atomic mass is 35.5. The van der Waals surface area contributed by atoms with Crippen LogP contribution in [0.5, 0.6) is 0 Å². The Balaban J connectivity index is 1.46. The Morgan fingerprint density at radius 3 is 2.90 bits per heavy atom. The zero-order valence-electron chi connectivity index (χ0n) is 17.8. The summed E-state index contributed by atoms with van der Waals surface area (Å²) < 4.78 is 5.47. The lowest BCUT2D eigenvalue weighted by atomic mass is 9.82. The van der Waals surface area contributed by atoms with Gasteiger partial charge in [-0.3, -0.25) is 4.79 Å². The lowest BCUT2D eigenvalue weighted by Gasteiger charge is -2.33. The maximum absolute atomic E-state index is 12.6. The number of nitrogens with zero attached hydrogens (tertiary/aromatic N) is 3.